The molecule has 4 rings (SSSR count). The van der Waals surface area contributed by atoms with Crippen molar-refractivity contribution in [3.8, 4) is 0 Å². The molecule has 142 valence electrons. The number of rotatable bonds is 5. The van der Waals surface area contributed by atoms with Crippen molar-refractivity contribution in [2.24, 2.45) is 0 Å². The number of hydrogen-bond acceptors (Lipinski definition) is 4. The van der Waals surface area contributed by atoms with E-state index in [0.29, 0.717) is 0 Å². The highest BCUT2D eigenvalue weighted by molar-refractivity contribution is 6.01. The molecule has 3 aromatic carbocycles. The zero-order valence-corrected chi connectivity index (χ0v) is 15.7. The van der Waals surface area contributed by atoms with E-state index in [1.807, 2.05) is 48.5 Å². The van der Waals surface area contributed by atoms with Crippen LogP contribution in [0.4, 0.5) is 5.69 Å². The number of carbonyl (C=O) groups is 1. The van der Waals surface area contributed by atoms with E-state index < -0.39 is 0 Å². The van der Waals surface area contributed by atoms with Gasteiger partial charge in [-0.15, -0.1) is 0 Å². The summed E-state index contributed by atoms with van der Waals surface area (Å²) in [6.07, 6.45) is 3.33. The first-order valence-electron chi connectivity index (χ1n) is 9.54. The van der Waals surface area contributed by atoms with E-state index in [4.69, 9.17) is 9.47 Å². The Bertz CT molecular complexity index is 976. The van der Waals surface area contributed by atoms with Crippen LogP contribution in [0.3, 0.4) is 0 Å². The Morgan fingerprint density at radius 3 is 2.43 bits per heavy atom. The van der Waals surface area contributed by atoms with Crippen LogP contribution in [0.2, 0.25) is 0 Å². The molecular weight excluding hydrogens is 350 g/mol. The van der Waals surface area contributed by atoms with E-state index in [2.05, 4.69) is 29.2 Å². The van der Waals surface area contributed by atoms with Crippen LogP contribution in [0, 0.1) is 0 Å². The van der Waals surface area contributed by atoms with Crippen LogP contribution in [-0.4, -0.2) is 32.3 Å². The minimum absolute atomic E-state index is 0.279. The van der Waals surface area contributed by atoms with Crippen LogP contribution in [0.5, 0.6) is 0 Å². The fourth-order valence-corrected chi connectivity index (χ4v) is 3.47. The normalized spacial score (nSPS) is 14.5. The van der Waals surface area contributed by atoms with Gasteiger partial charge in [-0.1, -0.05) is 60.7 Å². The zero-order chi connectivity index (χ0) is 19.2. The van der Waals surface area contributed by atoms with Crippen molar-refractivity contribution in [3.05, 3.63) is 83.9 Å². The van der Waals surface area contributed by atoms with Crippen LogP contribution in [0.25, 0.3) is 16.8 Å². The quantitative estimate of drug-likeness (QED) is 0.490. The molecule has 1 fully saturated rings. The van der Waals surface area contributed by atoms with Gasteiger partial charge in [-0.25, -0.2) is 4.79 Å². The molecule has 1 saturated heterocycles. The Hall–Kier alpha value is -3.11. The van der Waals surface area contributed by atoms with E-state index in [1.165, 1.54) is 17.1 Å². The van der Waals surface area contributed by atoms with Gasteiger partial charge in [0, 0.05) is 30.2 Å². The molecule has 0 saturated carbocycles. The first kappa shape index (κ1) is 18.3. The summed E-state index contributed by atoms with van der Waals surface area (Å²) in [4.78, 5) is 14.5. The monoisotopic (exact) mass is 373 g/mol. The largest absolute Gasteiger partial charge is 0.458 e. The Morgan fingerprint density at radius 1 is 0.929 bits per heavy atom. The second-order valence-corrected chi connectivity index (χ2v) is 6.75. The van der Waals surface area contributed by atoms with Crippen LogP contribution in [0.15, 0.2) is 72.8 Å². The molecule has 28 heavy (non-hydrogen) atoms. The van der Waals surface area contributed by atoms with Crippen LogP contribution in [-0.2, 0) is 20.9 Å². The molecule has 0 radical (unpaired) electrons. The van der Waals surface area contributed by atoms with Gasteiger partial charge < -0.3 is 14.4 Å². The lowest BCUT2D eigenvalue weighted by Gasteiger charge is -2.30. The second kappa shape index (κ2) is 8.72. The van der Waals surface area contributed by atoms with Crippen molar-refractivity contribution >= 4 is 28.5 Å². The molecule has 1 aliphatic heterocycles. The lowest BCUT2D eigenvalue weighted by molar-refractivity contribution is -0.138. The van der Waals surface area contributed by atoms with E-state index in [1.54, 1.807) is 0 Å². The third-order valence-corrected chi connectivity index (χ3v) is 4.91. The average Bonchev–Trinajstić information content (AvgIpc) is 2.77. The lowest BCUT2D eigenvalue weighted by Crippen LogP contribution is -2.36. The van der Waals surface area contributed by atoms with Crippen molar-refractivity contribution in [1.82, 2.24) is 0 Å². The fourth-order valence-electron chi connectivity index (χ4n) is 3.47. The van der Waals surface area contributed by atoms with E-state index in [9.17, 15) is 4.79 Å². The summed E-state index contributed by atoms with van der Waals surface area (Å²) in [5.74, 6) is -0.342. The summed E-state index contributed by atoms with van der Waals surface area (Å²) in [6, 6.07) is 22.2. The molecule has 3 aromatic rings. The molecule has 1 aliphatic rings. The van der Waals surface area contributed by atoms with Crippen molar-refractivity contribution in [2.75, 3.05) is 31.2 Å². The number of fused-ring (bicyclic) bond motifs is 1. The summed E-state index contributed by atoms with van der Waals surface area (Å²) >= 11 is 0. The molecule has 0 N–H and O–H groups in total. The summed E-state index contributed by atoms with van der Waals surface area (Å²) in [5, 5.41) is 2.31. The van der Waals surface area contributed by atoms with Crippen LogP contribution in [0.1, 0.15) is 11.1 Å². The number of ether oxygens (including phenoxy) is 2. The van der Waals surface area contributed by atoms with Crippen LogP contribution < -0.4 is 4.90 Å². The molecule has 0 aliphatic carbocycles. The fraction of sp³-hybridized carbons (Fsp3) is 0.208. The van der Waals surface area contributed by atoms with Gasteiger partial charge in [-0.3, -0.25) is 0 Å². The van der Waals surface area contributed by atoms with Gasteiger partial charge in [0.1, 0.15) is 6.61 Å². The number of morpholine rings is 1. The van der Waals surface area contributed by atoms with E-state index in [0.717, 1.165) is 42.8 Å². The maximum absolute atomic E-state index is 12.1. The highest BCUT2D eigenvalue weighted by Crippen LogP contribution is 2.30. The minimum Gasteiger partial charge on any atom is -0.458 e. The molecule has 0 aromatic heterocycles. The number of hydrogen-bond donors (Lipinski definition) is 0. The third kappa shape index (κ3) is 4.24. The number of esters is 1. The van der Waals surface area contributed by atoms with Gasteiger partial charge in [0.05, 0.1) is 13.2 Å². The molecule has 0 unspecified atom stereocenters. The SMILES string of the molecule is O=C(/C=C/c1ccc(N2CCOCC2)c2ccccc12)OCc1ccccc1. The highest BCUT2D eigenvalue weighted by atomic mass is 16.5. The number of anilines is 1. The molecule has 0 spiro atoms. The minimum atomic E-state index is -0.342. The van der Waals surface area contributed by atoms with Crippen molar-refractivity contribution in [3.63, 3.8) is 0 Å². The standard InChI is InChI=1S/C24H23NO3/c26-24(28-18-19-6-2-1-3-7-19)13-11-20-10-12-23(25-14-16-27-17-15-25)22-9-5-4-8-21(20)22/h1-13H,14-18H2/b13-11+. The van der Waals surface area contributed by atoms with Gasteiger partial charge in [-0.05, 0) is 28.7 Å². The summed E-state index contributed by atoms with van der Waals surface area (Å²) in [5.41, 5.74) is 3.19. The zero-order valence-electron chi connectivity index (χ0n) is 15.7. The number of carbonyl (C=O) groups excluding carboxylic acids is 1. The average molecular weight is 373 g/mol. The van der Waals surface area contributed by atoms with Crippen molar-refractivity contribution in [1.29, 1.82) is 0 Å². The van der Waals surface area contributed by atoms with Crippen molar-refractivity contribution < 1.29 is 14.3 Å². The highest BCUT2D eigenvalue weighted by Gasteiger charge is 2.14. The Morgan fingerprint density at radius 2 is 1.64 bits per heavy atom. The molecule has 0 atom stereocenters. The smallest absolute Gasteiger partial charge is 0.331 e. The van der Waals surface area contributed by atoms with Crippen LogP contribution >= 0.6 is 0 Å². The Balaban J connectivity index is 1.52. The van der Waals surface area contributed by atoms with E-state index in [-0.39, 0.29) is 12.6 Å². The Kier molecular flexibility index (Phi) is 5.69. The van der Waals surface area contributed by atoms with E-state index >= 15 is 0 Å². The molecule has 4 heteroatoms. The predicted octanol–water partition coefficient (Wildman–Crippen LogP) is 4.43. The molecule has 0 bridgehead atoms. The maximum atomic E-state index is 12.1. The van der Waals surface area contributed by atoms with Gasteiger partial charge in [0.2, 0.25) is 0 Å². The summed E-state index contributed by atoms with van der Waals surface area (Å²) < 4.78 is 10.8. The van der Waals surface area contributed by atoms with Gasteiger partial charge in [0.15, 0.2) is 0 Å². The number of nitrogens with zero attached hydrogens (tertiary/aromatic N) is 1. The first-order chi connectivity index (χ1) is 13.8. The molecule has 1 heterocycles. The molecular formula is C24H23NO3. The number of benzene rings is 3. The van der Waals surface area contributed by atoms with Gasteiger partial charge in [0.25, 0.3) is 0 Å². The van der Waals surface area contributed by atoms with Crippen molar-refractivity contribution in [2.45, 2.75) is 6.61 Å². The third-order valence-electron chi connectivity index (χ3n) is 4.91. The van der Waals surface area contributed by atoms with Gasteiger partial charge in [-0.2, -0.15) is 0 Å². The summed E-state index contributed by atoms with van der Waals surface area (Å²) in [6.45, 7) is 3.57. The van der Waals surface area contributed by atoms with Gasteiger partial charge >= 0.3 is 5.97 Å². The first-order valence-corrected chi connectivity index (χ1v) is 9.54. The molecule has 0 amide bonds. The molecule has 4 nitrogen and oxygen atoms in total. The maximum Gasteiger partial charge on any atom is 0.331 e. The topological polar surface area (TPSA) is 38.8 Å². The summed E-state index contributed by atoms with van der Waals surface area (Å²) in [7, 11) is 0. The Labute approximate surface area is 165 Å². The predicted molar refractivity (Wildman–Crippen MR) is 112 cm³/mol. The lowest BCUT2D eigenvalue weighted by atomic mass is 10.0. The second-order valence-electron chi connectivity index (χ2n) is 6.75.